The van der Waals surface area contributed by atoms with Crippen LogP contribution in [0.1, 0.15) is 12.0 Å². The molecule has 0 heterocycles. The standard InChI is InChI=1S/C13H19NO3S/c1-10-3-5-11(6-4-10)18(15,16)12-7-13(12,8-14)9-17-2/h3-6,12H,7-9,14H2,1-2H3/t12-,13-/m1/s1. The van der Waals surface area contributed by atoms with Gasteiger partial charge in [0.1, 0.15) is 0 Å². The van der Waals surface area contributed by atoms with Crippen LogP contribution in [0.15, 0.2) is 29.2 Å². The summed E-state index contributed by atoms with van der Waals surface area (Å²) in [5, 5.41) is -0.405. The molecule has 1 aromatic rings. The highest BCUT2D eigenvalue weighted by molar-refractivity contribution is 7.92. The number of nitrogens with two attached hydrogens (primary N) is 1. The van der Waals surface area contributed by atoms with Crippen LogP contribution in [0, 0.1) is 12.3 Å². The topological polar surface area (TPSA) is 69.4 Å². The van der Waals surface area contributed by atoms with Crippen LogP contribution in [0.3, 0.4) is 0 Å². The molecule has 2 atom stereocenters. The average molecular weight is 269 g/mol. The minimum Gasteiger partial charge on any atom is -0.384 e. The zero-order valence-corrected chi connectivity index (χ0v) is 11.5. The Morgan fingerprint density at radius 2 is 2.00 bits per heavy atom. The fourth-order valence-corrected chi connectivity index (χ4v) is 4.57. The third kappa shape index (κ3) is 2.18. The van der Waals surface area contributed by atoms with Crippen LogP contribution in [0.25, 0.3) is 0 Å². The van der Waals surface area contributed by atoms with Gasteiger partial charge < -0.3 is 10.5 Å². The summed E-state index contributed by atoms with van der Waals surface area (Å²) in [6.07, 6.45) is 0.591. The Balaban J connectivity index is 2.26. The Bertz CT molecular complexity index is 524. The number of benzene rings is 1. The molecular formula is C13H19NO3S. The van der Waals surface area contributed by atoms with Gasteiger partial charge in [-0.05, 0) is 25.5 Å². The van der Waals surface area contributed by atoms with Crippen molar-refractivity contribution < 1.29 is 13.2 Å². The first-order valence-corrected chi connectivity index (χ1v) is 7.50. The van der Waals surface area contributed by atoms with Crippen LogP contribution >= 0.6 is 0 Å². The Morgan fingerprint density at radius 1 is 1.39 bits per heavy atom. The molecule has 0 aliphatic heterocycles. The van der Waals surface area contributed by atoms with Crippen LogP contribution in [0.2, 0.25) is 0 Å². The molecular weight excluding hydrogens is 250 g/mol. The van der Waals surface area contributed by atoms with Crippen LogP contribution in [0.5, 0.6) is 0 Å². The highest BCUT2D eigenvalue weighted by Gasteiger charge is 2.60. The first-order valence-electron chi connectivity index (χ1n) is 5.96. The fourth-order valence-electron chi connectivity index (χ4n) is 2.35. The summed E-state index contributed by atoms with van der Waals surface area (Å²) in [6, 6.07) is 6.96. The van der Waals surface area contributed by atoms with Gasteiger partial charge in [-0.15, -0.1) is 0 Å². The lowest BCUT2D eigenvalue weighted by molar-refractivity contribution is 0.145. The van der Waals surface area contributed by atoms with Gasteiger partial charge in [0.05, 0.1) is 16.8 Å². The molecule has 2 rings (SSSR count). The second-order valence-corrected chi connectivity index (χ2v) is 7.18. The molecule has 100 valence electrons. The molecule has 0 aromatic heterocycles. The highest BCUT2D eigenvalue weighted by Crippen LogP contribution is 2.51. The van der Waals surface area contributed by atoms with Crippen molar-refractivity contribution in [2.75, 3.05) is 20.3 Å². The lowest BCUT2D eigenvalue weighted by Crippen LogP contribution is -2.28. The summed E-state index contributed by atoms with van der Waals surface area (Å²) in [4.78, 5) is 0.379. The van der Waals surface area contributed by atoms with Gasteiger partial charge in [-0.25, -0.2) is 8.42 Å². The molecule has 5 heteroatoms. The summed E-state index contributed by atoms with van der Waals surface area (Å²) in [7, 11) is -1.71. The number of ether oxygens (including phenoxy) is 1. The van der Waals surface area contributed by atoms with E-state index >= 15 is 0 Å². The second kappa shape index (κ2) is 4.64. The third-order valence-electron chi connectivity index (χ3n) is 3.68. The summed E-state index contributed by atoms with van der Waals surface area (Å²) in [5.41, 5.74) is 6.36. The smallest absolute Gasteiger partial charge is 0.181 e. The molecule has 0 saturated heterocycles. The SMILES string of the molecule is COC[C@]1(CN)C[C@H]1S(=O)(=O)c1ccc(C)cc1. The van der Waals surface area contributed by atoms with Gasteiger partial charge in [-0.1, -0.05) is 17.7 Å². The van der Waals surface area contributed by atoms with Crippen LogP contribution in [0.4, 0.5) is 0 Å². The van der Waals surface area contributed by atoms with Crippen molar-refractivity contribution in [2.24, 2.45) is 11.1 Å². The number of hydrogen-bond donors (Lipinski definition) is 1. The fraction of sp³-hybridized carbons (Fsp3) is 0.538. The molecule has 18 heavy (non-hydrogen) atoms. The first kappa shape index (κ1) is 13.5. The maximum atomic E-state index is 12.4. The van der Waals surface area contributed by atoms with E-state index in [4.69, 9.17) is 10.5 Å². The van der Waals surface area contributed by atoms with E-state index in [1.807, 2.05) is 19.1 Å². The van der Waals surface area contributed by atoms with Crippen LogP contribution in [-0.2, 0) is 14.6 Å². The van der Waals surface area contributed by atoms with E-state index in [-0.39, 0.29) is 0 Å². The lowest BCUT2D eigenvalue weighted by Gasteiger charge is -2.14. The summed E-state index contributed by atoms with van der Waals surface area (Å²) < 4.78 is 30.0. The van der Waals surface area contributed by atoms with Crippen molar-refractivity contribution in [3.05, 3.63) is 29.8 Å². The van der Waals surface area contributed by atoms with E-state index in [0.29, 0.717) is 24.5 Å². The zero-order valence-electron chi connectivity index (χ0n) is 10.7. The van der Waals surface area contributed by atoms with Crippen molar-refractivity contribution in [3.63, 3.8) is 0 Å². The van der Waals surface area contributed by atoms with Gasteiger partial charge in [0.25, 0.3) is 0 Å². The quantitative estimate of drug-likeness (QED) is 0.870. The van der Waals surface area contributed by atoms with Gasteiger partial charge in [0.2, 0.25) is 0 Å². The molecule has 0 unspecified atom stereocenters. The Kier molecular flexibility index (Phi) is 3.49. The summed E-state index contributed by atoms with van der Waals surface area (Å²) in [6.45, 7) is 2.68. The van der Waals surface area contributed by atoms with Crippen molar-refractivity contribution in [2.45, 2.75) is 23.5 Å². The van der Waals surface area contributed by atoms with E-state index in [1.54, 1.807) is 19.2 Å². The zero-order chi connectivity index (χ0) is 13.4. The molecule has 0 bridgehead atoms. The van der Waals surface area contributed by atoms with E-state index < -0.39 is 20.5 Å². The number of rotatable bonds is 5. The Morgan fingerprint density at radius 3 is 2.50 bits per heavy atom. The van der Waals surface area contributed by atoms with Crippen LogP contribution < -0.4 is 5.73 Å². The normalized spacial score (nSPS) is 27.2. The number of methoxy groups -OCH3 is 1. The predicted molar refractivity (Wildman–Crippen MR) is 70.1 cm³/mol. The highest BCUT2D eigenvalue weighted by atomic mass is 32.2. The Hall–Kier alpha value is -0.910. The molecule has 1 aliphatic rings. The predicted octanol–water partition coefficient (Wildman–Crippen LogP) is 1.13. The molecule has 1 fully saturated rings. The molecule has 0 amide bonds. The van der Waals surface area contributed by atoms with E-state index in [2.05, 4.69) is 0 Å². The van der Waals surface area contributed by atoms with E-state index in [9.17, 15) is 8.42 Å². The second-order valence-electron chi connectivity index (χ2n) is 5.05. The van der Waals surface area contributed by atoms with Gasteiger partial charge in [-0.3, -0.25) is 0 Å². The molecule has 0 spiro atoms. The number of hydrogen-bond acceptors (Lipinski definition) is 4. The van der Waals surface area contributed by atoms with Crippen molar-refractivity contribution >= 4 is 9.84 Å². The molecule has 1 saturated carbocycles. The molecule has 1 aliphatic carbocycles. The van der Waals surface area contributed by atoms with E-state index in [0.717, 1.165) is 5.56 Å². The van der Waals surface area contributed by atoms with Gasteiger partial charge in [0, 0.05) is 19.1 Å². The molecule has 0 radical (unpaired) electrons. The Labute approximate surface area is 108 Å². The number of aryl methyl sites for hydroxylation is 1. The lowest BCUT2D eigenvalue weighted by atomic mass is 10.1. The molecule has 2 N–H and O–H groups in total. The maximum absolute atomic E-state index is 12.4. The van der Waals surface area contributed by atoms with Crippen molar-refractivity contribution in [3.8, 4) is 0 Å². The third-order valence-corrected chi connectivity index (χ3v) is 6.02. The van der Waals surface area contributed by atoms with E-state index in [1.165, 1.54) is 0 Å². The molecule has 1 aromatic carbocycles. The van der Waals surface area contributed by atoms with Gasteiger partial charge in [0.15, 0.2) is 9.84 Å². The largest absolute Gasteiger partial charge is 0.384 e. The minimum atomic E-state index is -3.28. The first-order chi connectivity index (χ1) is 8.46. The van der Waals surface area contributed by atoms with Gasteiger partial charge in [-0.2, -0.15) is 0 Å². The molecule has 4 nitrogen and oxygen atoms in total. The van der Waals surface area contributed by atoms with Crippen LogP contribution in [-0.4, -0.2) is 33.9 Å². The van der Waals surface area contributed by atoms with Gasteiger partial charge >= 0.3 is 0 Å². The maximum Gasteiger partial charge on any atom is 0.181 e. The summed E-state index contributed by atoms with van der Waals surface area (Å²) >= 11 is 0. The minimum absolute atomic E-state index is 0.344. The van der Waals surface area contributed by atoms with Crippen molar-refractivity contribution in [1.82, 2.24) is 0 Å². The van der Waals surface area contributed by atoms with Crippen molar-refractivity contribution in [1.29, 1.82) is 0 Å². The average Bonchev–Trinajstić information content (AvgIpc) is 3.06. The summed E-state index contributed by atoms with van der Waals surface area (Å²) in [5.74, 6) is 0. The number of sulfone groups is 1. The monoisotopic (exact) mass is 269 g/mol.